The molecule has 0 saturated carbocycles. The summed E-state index contributed by atoms with van der Waals surface area (Å²) < 4.78 is 9.17. The molecule has 0 aliphatic rings. The van der Waals surface area contributed by atoms with E-state index in [1.807, 2.05) is 97.1 Å². The maximum atomic E-state index is 13.6. The standard InChI is InChI=1S/C27H21N5O2S/c1-17-9-8-10-18(2)24(17)32-25(33)21-13-6-7-14-22(21)31-26(32)28-29-27(31)35-16-20-15-23(34-30-20)19-11-4-3-5-12-19/h3-15H,16H2,1-2H3. The van der Waals surface area contributed by atoms with Crippen molar-refractivity contribution in [1.29, 1.82) is 0 Å². The minimum absolute atomic E-state index is 0.113. The topological polar surface area (TPSA) is 78.2 Å². The largest absolute Gasteiger partial charge is 0.356 e. The highest BCUT2D eigenvalue weighted by molar-refractivity contribution is 7.98. The van der Waals surface area contributed by atoms with Crippen LogP contribution in [0.25, 0.3) is 33.7 Å². The molecule has 8 heteroatoms. The highest BCUT2D eigenvalue weighted by Gasteiger charge is 2.20. The molecule has 0 amide bonds. The van der Waals surface area contributed by atoms with Gasteiger partial charge in [0.15, 0.2) is 10.9 Å². The molecule has 7 nitrogen and oxygen atoms in total. The Morgan fingerprint density at radius 3 is 2.43 bits per heavy atom. The fraction of sp³-hybridized carbons (Fsp3) is 0.111. The Morgan fingerprint density at radius 2 is 1.63 bits per heavy atom. The first-order chi connectivity index (χ1) is 17.1. The zero-order valence-electron chi connectivity index (χ0n) is 19.2. The molecule has 0 unspecified atom stereocenters. The SMILES string of the molecule is Cc1cccc(C)c1-n1c(=O)c2ccccc2n2c(SCc3cc(-c4ccccc4)on3)nnc12. The molecule has 3 aromatic heterocycles. The minimum Gasteiger partial charge on any atom is -0.356 e. The smallest absolute Gasteiger partial charge is 0.267 e. The van der Waals surface area contributed by atoms with Gasteiger partial charge in [0.2, 0.25) is 5.78 Å². The minimum atomic E-state index is -0.113. The summed E-state index contributed by atoms with van der Waals surface area (Å²) in [7, 11) is 0. The van der Waals surface area contributed by atoms with E-state index < -0.39 is 0 Å². The van der Waals surface area contributed by atoms with Crippen LogP contribution >= 0.6 is 11.8 Å². The van der Waals surface area contributed by atoms with Gasteiger partial charge >= 0.3 is 0 Å². The van der Waals surface area contributed by atoms with E-state index in [1.165, 1.54) is 11.8 Å². The first-order valence-corrected chi connectivity index (χ1v) is 12.2. The number of fused-ring (bicyclic) bond motifs is 3. The number of rotatable bonds is 5. The second kappa shape index (κ2) is 8.56. The first-order valence-electron chi connectivity index (χ1n) is 11.2. The lowest BCUT2D eigenvalue weighted by atomic mass is 10.1. The molecule has 0 N–H and O–H groups in total. The normalized spacial score (nSPS) is 11.5. The summed E-state index contributed by atoms with van der Waals surface area (Å²) in [6, 6.07) is 25.4. The fourth-order valence-corrected chi connectivity index (χ4v) is 5.21. The number of aryl methyl sites for hydroxylation is 2. The Morgan fingerprint density at radius 1 is 0.886 bits per heavy atom. The number of hydrogen-bond acceptors (Lipinski definition) is 6. The summed E-state index contributed by atoms with van der Waals surface area (Å²) in [4.78, 5) is 13.6. The molecule has 0 radical (unpaired) electrons. The zero-order chi connectivity index (χ0) is 23.9. The summed E-state index contributed by atoms with van der Waals surface area (Å²) in [5, 5.41) is 14.5. The molecule has 3 aromatic carbocycles. The molecule has 0 bridgehead atoms. The van der Waals surface area contributed by atoms with Crippen LogP contribution in [0.2, 0.25) is 0 Å². The van der Waals surface area contributed by atoms with E-state index in [1.54, 1.807) is 4.57 Å². The van der Waals surface area contributed by atoms with Crippen molar-refractivity contribution in [3.8, 4) is 17.0 Å². The Bertz CT molecular complexity index is 1730. The van der Waals surface area contributed by atoms with Gasteiger partial charge in [0, 0.05) is 17.4 Å². The number of benzene rings is 3. The van der Waals surface area contributed by atoms with Crippen LogP contribution in [0.15, 0.2) is 93.3 Å². The summed E-state index contributed by atoms with van der Waals surface area (Å²) >= 11 is 1.50. The van der Waals surface area contributed by atoms with Crippen LogP contribution in [0.4, 0.5) is 0 Å². The Balaban J connectivity index is 1.46. The van der Waals surface area contributed by atoms with Crippen molar-refractivity contribution in [3.63, 3.8) is 0 Å². The molecule has 0 aliphatic heterocycles. The van der Waals surface area contributed by atoms with Gasteiger partial charge in [-0.3, -0.25) is 9.20 Å². The summed E-state index contributed by atoms with van der Waals surface area (Å²) in [6.45, 7) is 4.00. The van der Waals surface area contributed by atoms with Crippen LogP contribution in [0.1, 0.15) is 16.8 Å². The second-order valence-electron chi connectivity index (χ2n) is 8.35. The fourth-order valence-electron chi connectivity index (χ4n) is 4.39. The maximum absolute atomic E-state index is 13.6. The molecule has 0 fully saturated rings. The van der Waals surface area contributed by atoms with Crippen molar-refractivity contribution < 1.29 is 4.52 Å². The number of thioether (sulfide) groups is 1. The van der Waals surface area contributed by atoms with Crippen molar-refractivity contribution in [2.45, 2.75) is 24.8 Å². The molecule has 0 aliphatic carbocycles. The third kappa shape index (κ3) is 3.63. The van der Waals surface area contributed by atoms with Gasteiger partial charge in [0.25, 0.3) is 5.56 Å². The van der Waals surface area contributed by atoms with Crippen LogP contribution in [0, 0.1) is 13.8 Å². The monoisotopic (exact) mass is 479 g/mol. The van der Waals surface area contributed by atoms with Gasteiger partial charge in [-0.25, -0.2) is 4.57 Å². The van der Waals surface area contributed by atoms with E-state index in [0.717, 1.165) is 39.3 Å². The molecule has 0 saturated heterocycles. The molecule has 6 aromatic rings. The van der Waals surface area contributed by atoms with E-state index in [0.29, 0.717) is 22.1 Å². The average Bonchev–Trinajstić information content (AvgIpc) is 3.52. The third-order valence-electron chi connectivity index (χ3n) is 6.02. The Kier molecular flexibility index (Phi) is 5.22. The number of aromatic nitrogens is 5. The van der Waals surface area contributed by atoms with E-state index in [4.69, 9.17) is 4.52 Å². The predicted molar refractivity (Wildman–Crippen MR) is 137 cm³/mol. The van der Waals surface area contributed by atoms with Gasteiger partial charge in [0.05, 0.1) is 22.3 Å². The van der Waals surface area contributed by atoms with Gasteiger partial charge in [-0.1, -0.05) is 77.6 Å². The molecule has 0 atom stereocenters. The zero-order valence-corrected chi connectivity index (χ0v) is 20.0. The average molecular weight is 480 g/mol. The first kappa shape index (κ1) is 21.4. The molecule has 3 heterocycles. The molecule has 35 heavy (non-hydrogen) atoms. The van der Waals surface area contributed by atoms with Crippen LogP contribution in [0.3, 0.4) is 0 Å². The summed E-state index contributed by atoms with van der Waals surface area (Å²) in [6.07, 6.45) is 0. The van der Waals surface area contributed by atoms with Crippen molar-refractivity contribution in [1.82, 2.24) is 24.3 Å². The van der Waals surface area contributed by atoms with Crippen molar-refractivity contribution in [3.05, 3.63) is 106 Å². The van der Waals surface area contributed by atoms with Crippen molar-refractivity contribution >= 4 is 28.4 Å². The lowest BCUT2D eigenvalue weighted by molar-refractivity contribution is 0.426. The lowest BCUT2D eigenvalue weighted by Gasteiger charge is -2.15. The van der Waals surface area contributed by atoms with E-state index in [9.17, 15) is 4.79 Å². The second-order valence-corrected chi connectivity index (χ2v) is 9.30. The summed E-state index contributed by atoms with van der Waals surface area (Å²) in [5.74, 6) is 1.76. The van der Waals surface area contributed by atoms with Gasteiger partial charge in [-0.15, -0.1) is 10.2 Å². The van der Waals surface area contributed by atoms with Gasteiger partial charge in [-0.2, -0.15) is 0 Å². The maximum Gasteiger partial charge on any atom is 0.267 e. The quantitative estimate of drug-likeness (QED) is 0.300. The van der Waals surface area contributed by atoms with E-state index >= 15 is 0 Å². The van der Waals surface area contributed by atoms with Gasteiger partial charge in [0.1, 0.15) is 0 Å². The lowest BCUT2D eigenvalue weighted by Crippen LogP contribution is -2.23. The molecule has 172 valence electrons. The van der Waals surface area contributed by atoms with Crippen LogP contribution < -0.4 is 5.56 Å². The predicted octanol–water partition coefficient (Wildman–Crippen LogP) is 5.60. The molecular weight excluding hydrogens is 458 g/mol. The van der Waals surface area contributed by atoms with E-state index in [2.05, 4.69) is 15.4 Å². The highest BCUT2D eigenvalue weighted by Crippen LogP contribution is 2.28. The van der Waals surface area contributed by atoms with Gasteiger partial charge < -0.3 is 4.52 Å². The van der Waals surface area contributed by atoms with Gasteiger partial charge in [-0.05, 0) is 37.1 Å². The van der Waals surface area contributed by atoms with Crippen LogP contribution in [0.5, 0.6) is 0 Å². The van der Waals surface area contributed by atoms with Crippen molar-refractivity contribution in [2.75, 3.05) is 0 Å². The van der Waals surface area contributed by atoms with E-state index in [-0.39, 0.29) is 5.56 Å². The molecule has 0 spiro atoms. The molecular formula is C27H21N5O2S. The van der Waals surface area contributed by atoms with Crippen LogP contribution in [-0.2, 0) is 5.75 Å². The molecule has 6 rings (SSSR count). The Hall–Kier alpha value is -4.17. The number of nitrogens with zero attached hydrogens (tertiary/aromatic N) is 5. The Labute approximate surface area is 205 Å². The number of para-hydroxylation sites is 2. The number of hydrogen-bond donors (Lipinski definition) is 0. The third-order valence-corrected chi connectivity index (χ3v) is 6.99. The van der Waals surface area contributed by atoms with Crippen LogP contribution in [-0.4, -0.2) is 24.3 Å². The summed E-state index contributed by atoms with van der Waals surface area (Å²) in [5.41, 5.74) is 5.27. The van der Waals surface area contributed by atoms with Crippen molar-refractivity contribution in [2.24, 2.45) is 0 Å². The highest BCUT2D eigenvalue weighted by atomic mass is 32.2.